The Bertz CT molecular complexity index is 93.6. The van der Waals surface area contributed by atoms with Crippen LogP contribution in [-0.4, -0.2) is 39.0 Å². The van der Waals surface area contributed by atoms with Crippen molar-refractivity contribution in [2.24, 2.45) is 0 Å². The van der Waals surface area contributed by atoms with Crippen LogP contribution in [0.2, 0.25) is 0 Å². The number of aliphatic hydroxyl groups excluding tert-OH is 2. The van der Waals surface area contributed by atoms with E-state index in [0.29, 0.717) is 0 Å². The molecule has 0 aromatic rings. The van der Waals surface area contributed by atoms with Gasteiger partial charge in [-0.05, 0) is 6.92 Å². The normalized spacial score (nSPS) is 13.9. The Hall–Kier alpha value is 0.350. The van der Waals surface area contributed by atoms with E-state index >= 15 is 0 Å². The molecule has 0 aliphatic heterocycles. The number of hydrogen-bond donors (Lipinski definition) is 3. The molecule has 5 N–H and O–H groups in total. The summed E-state index contributed by atoms with van der Waals surface area (Å²) in [6, 6.07) is 0. The Labute approximate surface area is 80.3 Å². The molecule has 0 saturated carbocycles. The molecule has 0 unspecified atom stereocenters. The molecule has 2 atom stereocenters. The smallest absolute Gasteiger partial charge is 0.479 e. The van der Waals surface area contributed by atoms with Crippen molar-refractivity contribution in [3.63, 3.8) is 0 Å². The summed E-state index contributed by atoms with van der Waals surface area (Å²) >= 11 is 0. The van der Waals surface area contributed by atoms with E-state index in [9.17, 15) is 4.79 Å². The summed E-state index contributed by atoms with van der Waals surface area (Å²) in [5.41, 5.74) is 0. The van der Waals surface area contributed by atoms with Gasteiger partial charge < -0.3 is 20.8 Å². The van der Waals surface area contributed by atoms with Crippen LogP contribution in [0, 0.1) is 0 Å². The predicted molar refractivity (Wildman–Crippen MR) is 28.9 cm³/mol. The topological polar surface area (TPSA) is 109 Å². The third kappa shape index (κ3) is 6.47. The van der Waals surface area contributed by atoms with Crippen LogP contribution in [0.25, 0.3) is 0 Å². The molecule has 0 radical (unpaired) electrons. The van der Waals surface area contributed by atoms with E-state index in [-0.39, 0.29) is 35.0 Å². The van der Waals surface area contributed by atoms with Crippen LogP contribution in [0.1, 0.15) is 6.92 Å². The molecule has 56 valence electrons. The summed E-state index contributed by atoms with van der Waals surface area (Å²) < 4.78 is 0. The Morgan fingerprint density at radius 2 is 1.70 bits per heavy atom. The second-order valence-electron chi connectivity index (χ2n) is 1.52. The zero-order chi connectivity index (χ0) is 6.73. The van der Waals surface area contributed by atoms with Gasteiger partial charge in [-0.1, -0.05) is 0 Å². The second-order valence-corrected chi connectivity index (χ2v) is 1.52. The number of carboxylic acids is 1. The summed E-state index contributed by atoms with van der Waals surface area (Å²) in [6.45, 7) is 1.21. The zero-order valence-electron chi connectivity index (χ0n) is 5.90. The van der Waals surface area contributed by atoms with Crippen molar-refractivity contribution in [1.29, 1.82) is 0 Å². The molecule has 0 amide bonds. The third-order valence-corrected chi connectivity index (χ3v) is 0.710. The number of rotatable bonds is 2. The number of aliphatic carboxylic acids is 1. The Balaban J connectivity index is -0.000000245. The number of aliphatic hydroxyl groups is 2. The van der Waals surface area contributed by atoms with Gasteiger partial charge in [0, 0.05) is 0 Å². The number of carboxylic acid groups (broad SMARTS) is 1. The number of hydrogen-bond acceptors (Lipinski definition) is 3. The predicted octanol–water partition coefficient (Wildman–Crippen LogP) is -5.01. The van der Waals surface area contributed by atoms with Crippen molar-refractivity contribution < 1.29 is 55.1 Å². The van der Waals surface area contributed by atoms with Gasteiger partial charge >= 0.3 is 35.5 Å². The van der Waals surface area contributed by atoms with E-state index in [4.69, 9.17) is 15.3 Å². The first-order valence-electron chi connectivity index (χ1n) is 2.14. The molecule has 6 heteroatoms. The number of carbonyl (C=O) groups is 1. The molecular formula is C4H10NaO5+. The molecule has 0 aliphatic carbocycles. The maximum atomic E-state index is 9.73. The minimum Gasteiger partial charge on any atom is -0.479 e. The van der Waals surface area contributed by atoms with Gasteiger partial charge in [0.2, 0.25) is 0 Å². The van der Waals surface area contributed by atoms with Gasteiger partial charge in [-0.15, -0.1) is 0 Å². The fraction of sp³-hybridized carbons (Fsp3) is 0.750. The SMILES string of the molecule is C[C@H](O)[C@H](O)C(=O)O.O.[Na+]. The van der Waals surface area contributed by atoms with Gasteiger partial charge in [0.05, 0.1) is 6.10 Å². The summed E-state index contributed by atoms with van der Waals surface area (Å²) in [4.78, 5) is 9.73. The van der Waals surface area contributed by atoms with Crippen LogP contribution in [-0.2, 0) is 4.79 Å². The van der Waals surface area contributed by atoms with Crippen LogP contribution >= 0.6 is 0 Å². The molecule has 0 bridgehead atoms. The molecule has 0 aromatic carbocycles. The van der Waals surface area contributed by atoms with Crippen LogP contribution in [0.5, 0.6) is 0 Å². The Kier molecular flexibility index (Phi) is 12.5. The standard InChI is InChI=1S/C4H8O4.Na.H2O/c1-2(5)3(6)4(7)8;;/h2-3,5-6H,1H3,(H,7,8);;1H2/q;+1;/t2-,3-;;/m0../s1. The van der Waals surface area contributed by atoms with Crippen LogP contribution < -0.4 is 29.6 Å². The van der Waals surface area contributed by atoms with Gasteiger partial charge in [-0.2, -0.15) is 0 Å². The monoisotopic (exact) mass is 161 g/mol. The Morgan fingerprint density at radius 3 is 1.70 bits per heavy atom. The molecule has 0 saturated heterocycles. The van der Waals surface area contributed by atoms with Gasteiger partial charge in [0.15, 0.2) is 6.10 Å². The first-order valence-corrected chi connectivity index (χ1v) is 2.14. The average Bonchev–Trinajstić information content (AvgIpc) is 1.64. The van der Waals surface area contributed by atoms with E-state index in [2.05, 4.69) is 0 Å². The minimum absolute atomic E-state index is 0. The fourth-order valence-corrected chi connectivity index (χ4v) is 0.206. The molecule has 0 fully saturated rings. The molecule has 0 rings (SSSR count). The van der Waals surface area contributed by atoms with Crippen LogP contribution in [0.3, 0.4) is 0 Å². The molecular weight excluding hydrogens is 151 g/mol. The van der Waals surface area contributed by atoms with Crippen molar-refractivity contribution in [2.45, 2.75) is 19.1 Å². The van der Waals surface area contributed by atoms with E-state index < -0.39 is 18.2 Å². The van der Waals surface area contributed by atoms with Crippen LogP contribution in [0.15, 0.2) is 0 Å². The van der Waals surface area contributed by atoms with Crippen LogP contribution in [0.4, 0.5) is 0 Å². The van der Waals surface area contributed by atoms with Crippen molar-refractivity contribution >= 4 is 5.97 Å². The largest absolute Gasteiger partial charge is 1.00 e. The molecule has 0 aliphatic rings. The van der Waals surface area contributed by atoms with E-state index in [1.807, 2.05) is 0 Å². The maximum Gasteiger partial charge on any atom is 1.00 e. The maximum absolute atomic E-state index is 9.73. The molecule has 0 heterocycles. The fourth-order valence-electron chi connectivity index (χ4n) is 0.206. The van der Waals surface area contributed by atoms with E-state index in [0.717, 1.165) is 0 Å². The molecule has 10 heavy (non-hydrogen) atoms. The molecule has 0 aromatic heterocycles. The summed E-state index contributed by atoms with van der Waals surface area (Å²) in [5.74, 6) is -1.40. The van der Waals surface area contributed by atoms with Crippen molar-refractivity contribution in [1.82, 2.24) is 0 Å². The summed E-state index contributed by atoms with van der Waals surface area (Å²) in [6.07, 6.45) is -2.86. The Morgan fingerprint density at radius 1 is 1.40 bits per heavy atom. The first kappa shape index (κ1) is 16.7. The van der Waals surface area contributed by atoms with Crippen molar-refractivity contribution in [2.75, 3.05) is 0 Å². The van der Waals surface area contributed by atoms with Gasteiger partial charge in [-0.25, -0.2) is 4.79 Å². The first-order chi connectivity index (χ1) is 3.55. The van der Waals surface area contributed by atoms with Gasteiger partial charge in [-0.3, -0.25) is 0 Å². The second kappa shape index (κ2) is 7.46. The zero-order valence-corrected chi connectivity index (χ0v) is 7.90. The van der Waals surface area contributed by atoms with Crippen molar-refractivity contribution in [3.8, 4) is 0 Å². The third-order valence-electron chi connectivity index (χ3n) is 0.710. The quantitative estimate of drug-likeness (QED) is 0.352. The molecule has 0 spiro atoms. The van der Waals surface area contributed by atoms with E-state index in [1.54, 1.807) is 0 Å². The van der Waals surface area contributed by atoms with Crippen molar-refractivity contribution in [3.05, 3.63) is 0 Å². The van der Waals surface area contributed by atoms with E-state index in [1.165, 1.54) is 6.92 Å². The van der Waals surface area contributed by atoms with Gasteiger partial charge in [0.25, 0.3) is 0 Å². The summed E-state index contributed by atoms with van der Waals surface area (Å²) in [7, 11) is 0. The molecule has 5 nitrogen and oxygen atoms in total. The minimum atomic E-state index is -1.66. The van der Waals surface area contributed by atoms with Gasteiger partial charge in [0.1, 0.15) is 0 Å². The summed E-state index contributed by atoms with van der Waals surface area (Å²) in [5, 5.41) is 24.7. The average molecular weight is 161 g/mol.